The van der Waals surface area contributed by atoms with Crippen LogP contribution in [0.1, 0.15) is 26.7 Å². The number of carbonyl (C=O) groups is 2. The van der Waals surface area contributed by atoms with Crippen LogP contribution < -0.4 is 0 Å². The van der Waals surface area contributed by atoms with E-state index in [1.165, 1.54) is 0 Å². The largest absolute Gasteiger partial charge is 0.476 e. The van der Waals surface area contributed by atoms with Gasteiger partial charge in [-0.2, -0.15) is 11.8 Å². The molecule has 1 unspecified atom stereocenters. The summed E-state index contributed by atoms with van der Waals surface area (Å²) in [7, 11) is 0. The minimum absolute atomic E-state index is 0.0606. The van der Waals surface area contributed by atoms with Crippen LogP contribution >= 0.6 is 11.8 Å². The number of carboxylic acids is 1. The van der Waals surface area contributed by atoms with E-state index in [1.54, 1.807) is 0 Å². The van der Waals surface area contributed by atoms with Crippen LogP contribution in [0.2, 0.25) is 0 Å². The summed E-state index contributed by atoms with van der Waals surface area (Å²) in [6, 6.07) is 0. The number of Topliss-reactive ketones (excluding diaryl/α,β-unsaturated/α-hetero) is 1. The van der Waals surface area contributed by atoms with Crippen molar-refractivity contribution in [2.45, 2.75) is 31.4 Å². The number of thioether (sulfide) groups is 1. The second-order valence-electron chi connectivity index (χ2n) is 3.87. The number of hydrogen-bond acceptors (Lipinski definition) is 3. The van der Waals surface area contributed by atoms with Crippen molar-refractivity contribution in [2.24, 2.45) is 5.92 Å². The molecule has 0 amide bonds. The summed E-state index contributed by atoms with van der Waals surface area (Å²) in [6.45, 7) is 4.15. The minimum atomic E-state index is -1.30. The number of aliphatic carboxylic acids is 1. The van der Waals surface area contributed by atoms with Crippen LogP contribution in [0.5, 0.6) is 0 Å². The molecule has 1 fully saturated rings. The van der Waals surface area contributed by atoms with E-state index in [0.29, 0.717) is 0 Å². The van der Waals surface area contributed by atoms with Crippen LogP contribution in [0, 0.1) is 5.92 Å². The Morgan fingerprint density at radius 2 is 2.15 bits per heavy atom. The Morgan fingerprint density at radius 3 is 2.54 bits per heavy atom. The van der Waals surface area contributed by atoms with Crippen molar-refractivity contribution in [3.63, 3.8) is 0 Å². The zero-order chi connectivity index (χ0) is 10.1. The Kier molecular flexibility index (Phi) is 3.01. The lowest BCUT2D eigenvalue weighted by atomic mass is 9.88. The highest BCUT2D eigenvalue weighted by Gasteiger charge is 2.37. The Morgan fingerprint density at radius 1 is 1.54 bits per heavy atom. The second kappa shape index (κ2) is 3.70. The fraction of sp³-hybridized carbons (Fsp3) is 0.778. The third kappa shape index (κ3) is 2.46. The fourth-order valence-electron chi connectivity index (χ4n) is 1.59. The molecule has 1 aliphatic heterocycles. The summed E-state index contributed by atoms with van der Waals surface area (Å²) in [6.07, 6.45) is 1.14. The van der Waals surface area contributed by atoms with E-state index in [1.807, 2.05) is 11.8 Å². The van der Waals surface area contributed by atoms with Crippen LogP contribution in [0.3, 0.4) is 0 Å². The maximum Gasteiger partial charge on any atom is 0.372 e. The van der Waals surface area contributed by atoms with Crippen LogP contribution in [-0.4, -0.2) is 27.4 Å². The molecule has 0 aliphatic carbocycles. The number of carbonyl (C=O) groups excluding carboxylic acids is 1. The summed E-state index contributed by atoms with van der Waals surface area (Å²) < 4.78 is 0.0606. The Bertz CT molecular complexity index is 235. The number of hydrogen-bond donors (Lipinski definition) is 1. The van der Waals surface area contributed by atoms with E-state index in [2.05, 4.69) is 13.8 Å². The van der Waals surface area contributed by atoms with Crippen LogP contribution in [-0.2, 0) is 9.59 Å². The van der Waals surface area contributed by atoms with Gasteiger partial charge >= 0.3 is 5.97 Å². The molecule has 0 aromatic rings. The molecule has 0 bridgehead atoms. The highest BCUT2D eigenvalue weighted by atomic mass is 32.2. The lowest BCUT2D eigenvalue weighted by Crippen LogP contribution is -2.27. The molecule has 1 rings (SSSR count). The highest BCUT2D eigenvalue weighted by molar-refractivity contribution is 8.00. The first kappa shape index (κ1) is 10.6. The quantitative estimate of drug-likeness (QED) is 0.706. The predicted molar refractivity (Wildman–Crippen MR) is 51.9 cm³/mol. The van der Waals surface area contributed by atoms with Crippen molar-refractivity contribution in [3.8, 4) is 0 Å². The topological polar surface area (TPSA) is 54.4 Å². The van der Waals surface area contributed by atoms with Gasteiger partial charge in [-0.05, 0) is 18.1 Å². The number of ketones is 1. The lowest BCUT2D eigenvalue weighted by Gasteiger charge is -2.24. The first-order chi connectivity index (χ1) is 5.93. The van der Waals surface area contributed by atoms with Gasteiger partial charge < -0.3 is 5.11 Å². The van der Waals surface area contributed by atoms with Crippen LogP contribution in [0.25, 0.3) is 0 Å². The molecular formula is C9H14O3S. The van der Waals surface area contributed by atoms with Gasteiger partial charge in [-0.25, -0.2) is 4.79 Å². The SMILES string of the molecule is CC1(C)SCCC1CC(=O)C(=O)O. The Labute approximate surface area is 81.9 Å². The molecule has 0 aromatic heterocycles. The van der Waals surface area contributed by atoms with Gasteiger partial charge in [0.25, 0.3) is 0 Å². The van der Waals surface area contributed by atoms with Crippen molar-refractivity contribution >= 4 is 23.5 Å². The van der Waals surface area contributed by atoms with E-state index in [0.717, 1.165) is 12.2 Å². The third-order valence-electron chi connectivity index (χ3n) is 2.59. The van der Waals surface area contributed by atoms with Crippen LogP contribution in [0.4, 0.5) is 0 Å². The summed E-state index contributed by atoms with van der Waals surface area (Å²) in [4.78, 5) is 21.3. The highest BCUT2D eigenvalue weighted by Crippen LogP contribution is 2.43. The predicted octanol–water partition coefficient (Wildman–Crippen LogP) is 1.56. The standard InChI is InChI=1S/C9H14O3S/c1-9(2)6(3-4-13-9)5-7(10)8(11)12/h6H,3-5H2,1-2H3,(H,11,12). The summed E-state index contributed by atoms with van der Waals surface area (Å²) in [5.74, 6) is -0.695. The van der Waals surface area contributed by atoms with E-state index < -0.39 is 11.8 Å². The summed E-state index contributed by atoms with van der Waals surface area (Å²) in [5, 5.41) is 8.46. The van der Waals surface area contributed by atoms with Crippen molar-refractivity contribution < 1.29 is 14.7 Å². The molecule has 0 radical (unpaired) electrons. The minimum Gasteiger partial charge on any atom is -0.476 e. The second-order valence-corrected chi connectivity index (χ2v) is 5.62. The molecule has 74 valence electrons. The van der Waals surface area contributed by atoms with Crippen molar-refractivity contribution in [2.75, 3.05) is 5.75 Å². The summed E-state index contributed by atoms with van der Waals surface area (Å²) in [5.41, 5.74) is 0. The zero-order valence-electron chi connectivity index (χ0n) is 7.87. The van der Waals surface area contributed by atoms with Gasteiger partial charge in [0.05, 0.1) is 0 Å². The van der Waals surface area contributed by atoms with E-state index >= 15 is 0 Å². The molecule has 3 nitrogen and oxygen atoms in total. The first-order valence-electron chi connectivity index (χ1n) is 4.33. The van der Waals surface area contributed by atoms with Crippen molar-refractivity contribution in [1.82, 2.24) is 0 Å². The fourth-order valence-corrected chi connectivity index (χ4v) is 2.95. The smallest absolute Gasteiger partial charge is 0.372 e. The van der Waals surface area contributed by atoms with Gasteiger partial charge in [-0.15, -0.1) is 0 Å². The van der Waals surface area contributed by atoms with Gasteiger partial charge in [-0.3, -0.25) is 4.79 Å². The average Bonchev–Trinajstić information content (AvgIpc) is 2.30. The molecule has 1 heterocycles. The van der Waals surface area contributed by atoms with E-state index in [9.17, 15) is 9.59 Å². The third-order valence-corrected chi connectivity index (χ3v) is 4.11. The van der Waals surface area contributed by atoms with Crippen molar-refractivity contribution in [1.29, 1.82) is 0 Å². The molecule has 1 atom stereocenters. The average molecular weight is 202 g/mol. The van der Waals surface area contributed by atoms with Crippen molar-refractivity contribution in [3.05, 3.63) is 0 Å². The van der Waals surface area contributed by atoms with Gasteiger partial charge in [0.2, 0.25) is 5.78 Å². The summed E-state index contributed by atoms with van der Waals surface area (Å²) >= 11 is 1.82. The van der Waals surface area contributed by atoms with Crippen LogP contribution in [0.15, 0.2) is 0 Å². The van der Waals surface area contributed by atoms with E-state index in [4.69, 9.17) is 5.11 Å². The molecule has 1 aliphatic rings. The molecule has 0 saturated carbocycles. The van der Waals surface area contributed by atoms with Gasteiger partial charge in [-0.1, -0.05) is 13.8 Å². The molecular weight excluding hydrogens is 188 g/mol. The number of carboxylic acid groups (broad SMARTS) is 1. The monoisotopic (exact) mass is 202 g/mol. The molecule has 13 heavy (non-hydrogen) atoms. The maximum atomic E-state index is 11.0. The normalized spacial score (nSPS) is 25.8. The molecule has 1 N–H and O–H groups in total. The van der Waals surface area contributed by atoms with E-state index in [-0.39, 0.29) is 17.1 Å². The number of rotatable bonds is 3. The Hall–Kier alpha value is -0.510. The zero-order valence-corrected chi connectivity index (χ0v) is 8.69. The molecule has 0 aromatic carbocycles. The Balaban J connectivity index is 2.54. The lowest BCUT2D eigenvalue weighted by molar-refractivity contribution is -0.149. The van der Waals surface area contributed by atoms with Gasteiger partial charge in [0, 0.05) is 11.2 Å². The molecule has 4 heteroatoms. The van der Waals surface area contributed by atoms with Gasteiger partial charge in [0.15, 0.2) is 0 Å². The first-order valence-corrected chi connectivity index (χ1v) is 5.32. The molecule has 0 spiro atoms. The van der Waals surface area contributed by atoms with Gasteiger partial charge in [0.1, 0.15) is 0 Å². The maximum absolute atomic E-state index is 11.0. The molecule has 1 saturated heterocycles.